The Morgan fingerprint density at radius 1 is 0.974 bits per heavy atom. The number of benzene rings is 2. The molecule has 0 atom stereocenters. The van der Waals surface area contributed by atoms with E-state index in [4.69, 9.17) is 11.6 Å². The molecule has 0 unspecified atom stereocenters. The van der Waals surface area contributed by atoms with Crippen molar-refractivity contribution in [2.75, 3.05) is 31.1 Å². The third-order valence-corrected chi connectivity index (χ3v) is 7.21. The summed E-state index contributed by atoms with van der Waals surface area (Å²) in [6.07, 6.45) is 5.28. The summed E-state index contributed by atoms with van der Waals surface area (Å²) >= 11 is 6.43. The first-order valence-corrected chi connectivity index (χ1v) is 14.2. The van der Waals surface area contributed by atoms with Crippen LogP contribution in [0.4, 0.5) is 5.69 Å². The minimum Gasteiger partial charge on any atom is -0.333 e. The molecule has 1 aromatic heterocycles. The van der Waals surface area contributed by atoms with Gasteiger partial charge in [-0.05, 0) is 36.1 Å². The second-order valence-electron chi connectivity index (χ2n) is 10.4. The summed E-state index contributed by atoms with van der Waals surface area (Å²) in [6.45, 7) is 9.82. The lowest BCUT2D eigenvalue weighted by Crippen LogP contribution is -2.38. The number of fused-ring (bicyclic) bond motifs is 1. The van der Waals surface area contributed by atoms with E-state index in [1.165, 1.54) is 5.56 Å². The van der Waals surface area contributed by atoms with Gasteiger partial charge in [0.1, 0.15) is 5.82 Å². The molecular weight excluding hydrogens is 510 g/mol. The maximum absolute atomic E-state index is 13.8. The van der Waals surface area contributed by atoms with Gasteiger partial charge in [-0.15, -0.1) is 0 Å². The molecule has 0 saturated carbocycles. The molecule has 2 heterocycles. The van der Waals surface area contributed by atoms with Gasteiger partial charge in [-0.3, -0.25) is 14.5 Å². The van der Waals surface area contributed by atoms with Crippen LogP contribution in [0.15, 0.2) is 60.9 Å². The molecule has 0 saturated heterocycles. The average Bonchev–Trinajstić information content (AvgIpc) is 2.97. The number of nitrogens with zero attached hydrogens (tertiary/aromatic N) is 5. The summed E-state index contributed by atoms with van der Waals surface area (Å²) in [6, 6.07) is 16.0. The summed E-state index contributed by atoms with van der Waals surface area (Å²) in [5, 5.41) is 0.569. The molecule has 1 aliphatic rings. The SMILES string of the molecule is CCCC(=O)N1CCCN(Cc2ccccc2)CCN(C(=O)c2cnc(C(C)C)nc2)Cc2ccc(Cl)cc21. The van der Waals surface area contributed by atoms with Crippen LogP contribution in [0.25, 0.3) is 0 Å². The lowest BCUT2D eigenvalue weighted by Gasteiger charge is -2.28. The molecule has 0 spiro atoms. The molecule has 0 N–H and O–H groups in total. The fourth-order valence-corrected chi connectivity index (χ4v) is 5.03. The molecule has 2 aromatic carbocycles. The van der Waals surface area contributed by atoms with E-state index in [1.54, 1.807) is 12.4 Å². The van der Waals surface area contributed by atoms with Crippen LogP contribution in [0, 0.1) is 0 Å². The smallest absolute Gasteiger partial charge is 0.257 e. The molecule has 7 nitrogen and oxygen atoms in total. The van der Waals surface area contributed by atoms with Crippen LogP contribution in [-0.4, -0.2) is 57.8 Å². The molecule has 4 rings (SSSR count). The summed E-state index contributed by atoms with van der Waals surface area (Å²) < 4.78 is 0. The number of hydrogen-bond acceptors (Lipinski definition) is 5. The number of carbonyl (C=O) groups excluding carboxylic acids is 2. The molecule has 0 aliphatic carbocycles. The zero-order chi connectivity index (χ0) is 27.8. The van der Waals surface area contributed by atoms with Crippen molar-refractivity contribution in [3.8, 4) is 0 Å². The Hall–Kier alpha value is -3.29. The number of aromatic nitrogens is 2. The van der Waals surface area contributed by atoms with E-state index in [9.17, 15) is 9.59 Å². The first kappa shape index (κ1) is 28.7. The molecule has 0 fully saturated rings. The van der Waals surface area contributed by atoms with Crippen molar-refractivity contribution in [3.05, 3.63) is 88.5 Å². The van der Waals surface area contributed by atoms with Crippen LogP contribution >= 0.6 is 11.6 Å². The number of halogens is 1. The zero-order valence-electron chi connectivity index (χ0n) is 23.1. The molecular formula is C31H38ClN5O2. The second kappa shape index (κ2) is 13.7. The minimum absolute atomic E-state index is 0.0745. The largest absolute Gasteiger partial charge is 0.333 e. The van der Waals surface area contributed by atoms with Crippen molar-refractivity contribution >= 4 is 29.1 Å². The molecule has 39 heavy (non-hydrogen) atoms. The van der Waals surface area contributed by atoms with E-state index in [0.29, 0.717) is 49.0 Å². The Morgan fingerprint density at radius 3 is 2.41 bits per heavy atom. The highest BCUT2D eigenvalue weighted by Crippen LogP contribution is 2.28. The quantitative estimate of drug-likeness (QED) is 0.382. The number of anilines is 1. The van der Waals surface area contributed by atoms with E-state index < -0.39 is 0 Å². The van der Waals surface area contributed by atoms with Gasteiger partial charge in [0.05, 0.1) is 11.3 Å². The molecule has 3 aromatic rings. The molecule has 8 heteroatoms. The lowest BCUT2D eigenvalue weighted by molar-refractivity contribution is -0.118. The van der Waals surface area contributed by atoms with Crippen molar-refractivity contribution in [2.24, 2.45) is 0 Å². The van der Waals surface area contributed by atoms with Gasteiger partial charge < -0.3 is 9.80 Å². The Kier molecular flexibility index (Phi) is 10.1. The third-order valence-electron chi connectivity index (χ3n) is 6.98. The van der Waals surface area contributed by atoms with Gasteiger partial charge in [-0.25, -0.2) is 9.97 Å². The molecule has 0 radical (unpaired) electrons. The van der Waals surface area contributed by atoms with Gasteiger partial charge in [0.2, 0.25) is 5.91 Å². The summed E-state index contributed by atoms with van der Waals surface area (Å²) in [5.41, 5.74) is 3.35. The first-order valence-electron chi connectivity index (χ1n) is 13.8. The van der Waals surface area contributed by atoms with Crippen LogP contribution in [0.1, 0.15) is 73.3 Å². The van der Waals surface area contributed by atoms with E-state index in [0.717, 1.165) is 37.2 Å². The van der Waals surface area contributed by atoms with Gasteiger partial charge in [-0.1, -0.05) is 68.8 Å². The number of rotatable bonds is 6. The number of amides is 2. The maximum Gasteiger partial charge on any atom is 0.257 e. The van der Waals surface area contributed by atoms with Crippen LogP contribution < -0.4 is 4.90 Å². The monoisotopic (exact) mass is 547 g/mol. The third kappa shape index (κ3) is 7.64. The van der Waals surface area contributed by atoms with Gasteiger partial charge >= 0.3 is 0 Å². The summed E-state index contributed by atoms with van der Waals surface area (Å²) in [5.74, 6) is 0.840. The van der Waals surface area contributed by atoms with Gasteiger partial charge in [-0.2, -0.15) is 0 Å². The van der Waals surface area contributed by atoms with Crippen molar-refractivity contribution in [2.45, 2.75) is 59.0 Å². The predicted molar refractivity (Wildman–Crippen MR) is 156 cm³/mol. The van der Waals surface area contributed by atoms with E-state index >= 15 is 0 Å². The minimum atomic E-state index is -0.128. The predicted octanol–water partition coefficient (Wildman–Crippen LogP) is 5.93. The van der Waals surface area contributed by atoms with E-state index in [-0.39, 0.29) is 17.7 Å². The van der Waals surface area contributed by atoms with E-state index in [1.807, 2.05) is 67.0 Å². The van der Waals surface area contributed by atoms with Crippen molar-refractivity contribution in [1.29, 1.82) is 0 Å². The van der Waals surface area contributed by atoms with Crippen molar-refractivity contribution in [3.63, 3.8) is 0 Å². The molecule has 2 amide bonds. The van der Waals surface area contributed by atoms with Gasteiger partial charge in [0, 0.05) is 69.0 Å². The topological polar surface area (TPSA) is 69.6 Å². The fourth-order valence-electron chi connectivity index (χ4n) is 4.86. The highest BCUT2D eigenvalue weighted by molar-refractivity contribution is 6.31. The zero-order valence-corrected chi connectivity index (χ0v) is 23.9. The summed E-state index contributed by atoms with van der Waals surface area (Å²) in [7, 11) is 0. The molecule has 1 aliphatic heterocycles. The van der Waals surface area contributed by atoms with Crippen LogP contribution in [0.2, 0.25) is 5.02 Å². The molecule has 0 bridgehead atoms. The standard InChI is InChI=1S/C31H38ClN5O2/c1-4-9-29(38)37-15-8-14-35(21-24-10-6-5-7-11-24)16-17-36(22-25-12-13-27(32)18-28(25)37)31(39)26-19-33-30(23(2)3)34-20-26/h5-7,10-13,18-20,23H,4,8-9,14-17,21-22H2,1-3H3. The lowest BCUT2D eigenvalue weighted by atomic mass is 10.1. The van der Waals surface area contributed by atoms with Crippen molar-refractivity contribution < 1.29 is 9.59 Å². The highest BCUT2D eigenvalue weighted by atomic mass is 35.5. The average molecular weight is 548 g/mol. The number of hydrogen-bond donors (Lipinski definition) is 0. The van der Waals surface area contributed by atoms with Crippen LogP contribution in [0.3, 0.4) is 0 Å². The van der Waals surface area contributed by atoms with E-state index in [2.05, 4.69) is 27.0 Å². The van der Waals surface area contributed by atoms with Gasteiger partial charge in [0.25, 0.3) is 5.91 Å². The normalized spacial score (nSPS) is 15.1. The maximum atomic E-state index is 13.8. The Morgan fingerprint density at radius 2 is 1.72 bits per heavy atom. The highest BCUT2D eigenvalue weighted by Gasteiger charge is 2.25. The summed E-state index contributed by atoms with van der Waals surface area (Å²) in [4.78, 5) is 42.0. The Balaban J connectivity index is 1.69. The van der Waals surface area contributed by atoms with Crippen LogP contribution in [-0.2, 0) is 17.9 Å². The van der Waals surface area contributed by atoms with Crippen LogP contribution in [0.5, 0.6) is 0 Å². The first-order chi connectivity index (χ1) is 18.9. The van der Waals surface area contributed by atoms with Gasteiger partial charge in [0.15, 0.2) is 0 Å². The second-order valence-corrected chi connectivity index (χ2v) is 10.8. The Labute approximate surface area is 236 Å². The van der Waals surface area contributed by atoms with Crippen molar-refractivity contribution in [1.82, 2.24) is 19.8 Å². The fraction of sp³-hybridized carbons (Fsp3) is 0.419. The Bertz CT molecular complexity index is 1250. The number of carbonyl (C=O) groups is 2. The molecule has 206 valence electrons.